The maximum atomic E-state index is 12.2. The first-order chi connectivity index (χ1) is 9.94. The maximum Gasteiger partial charge on any atom is 0.417 e. The average molecular weight is 326 g/mol. The lowest BCUT2D eigenvalue weighted by molar-refractivity contribution is 0.553. The zero-order chi connectivity index (χ0) is 15.0. The van der Waals surface area contributed by atoms with Gasteiger partial charge in [0.15, 0.2) is 5.58 Å². The predicted molar refractivity (Wildman–Crippen MR) is 75.5 cm³/mol. The van der Waals surface area contributed by atoms with Crippen LogP contribution in [-0.4, -0.2) is 23.6 Å². The maximum absolute atomic E-state index is 12.2. The molecule has 0 atom stereocenters. The van der Waals surface area contributed by atoms with Gasteiger partial charge in [-0.3, -0.25) is 4.98 Å². The predicted octanol–water partition coefficient (Wildman–Crippen LogP) is 0.760. The summed E-state index contributed by atoms with van der Waals surface area (Å²) in [6, 6.07) is 4.16. The summed E-state index contributed by atoms with van der Waals surface area (Å²) < 4.78 is 31.6. The van der Waals surface area contributed by atoms with Gasteiger partial charge in [0, 0.05) is 6.07 Å². The minimum atomic E-state index is -3.72. The van der Waals surface area contributed by atoms with Gasteiger partial charge in [0.05, 0.1) is 17.0 Å². The highest BCUT2D eigenvalue weighted by Crippen LogP contribution is 2.17. The minimum absolute atomic E-state index is 0.0130. The lowest BCUT2D eigenvalue weighted by Gasteiger charge is -2.04. The summed E-state index contributed by atoms with van der Waals surface area (Å²) >= 11 is 1.32. The van der Waals surface area contributed by atoms with Crippen molar-refractivity contribution in [1.29, 1.82) is 0 Å². The van der Waals surface area contributed by atoms with Crippen LogP contribution in [0.5, 0.6) is 0 Å². The molecule has 2 N–H and O–H groups in total. The lowest BCUT2D eigenvalue weighted by atomic mass is 10.3. The average Bonchev–Trinajstić information content (AvgIpc) is 3.00. The van der Waals surface area contributed by atoms with Crippen LogP contribution in [0.25, 0.3) is 11.1 Å². The number of fused-ring (bicyclic) bond motifs is 1. The van der Waals surface area contributed by atoms with Crippen LogP contribution in [0.15, 0.2) is 32.3 Å². The van der Waals surface area contributed by atoms with E-state index in [0.717, 1.165) is 5.01 Å². The summed E-state index contributed by atoms with van der Waals surface area (Å²) in [4.78, 5) is 13.5. The van der Waals surface area contributed by atoms with Crippen molar-refractivity contribution >= 4 is 32.5 Å². The van der Waals surface area contributed by atoms with Gasteiger partial charge in [-0.15, -0.1) is 21.5 Å². The SMILES string of the molecule is Cc1nnc(CNS(=O)(=O)c2ccc3[nH]c(=O)oc3c2)s1. The number of aromatic amines is 1. The van der Waals surface area contributed by atoms with E-state index in [1.807, 2.05) is 0 Å². The number of H-pyrrole nitrogens is 1. The summed E-state index contributed by atoms with van der Waals surface area (Å²) in [6.45, 7) is 1.85. The molecule has 2 heterocycles. The van der Waals surface area contributed by atoms with Gasteiger partial charge in [-0.1, -0.05) is 0 Å². The number of nitrogens with one attached hydrogen (secondary N) is 2. The van der Waals surface area contributed by atoms with Crippen molar-refractivity contribution in [2.45, 2.75) is 18.4 Å². The third kappa shape index (κ3) is 2.86. The molecule has 0 aliphatic rings. The largest absolute Gasteiger partial charge is 0.417 e. The fourth-order valence-electron chi connectivity index (χ4n) is 1.74. The van der Waals surface area contributed by atoms with Gasteiger partial charge in [0.25, 0.3) is 0 Å². The first kappa shape index (κ1) is 13.9. The molecular formula is C11H10N4O4S2. The zero-order valence-electron chi connectivity index (χ0n) is 10.8. The molecule has 10 heteroatoms. The Balaban J connectivity index is 1.86. The standard InChI is InChI=1S/C11H10N4O4S2/c1-6-14-15-10(20-6)5-12-21(17,18)7-2-3-8-9(4-7)19-11(16)13-8/h2-4,12H,5H2,1H3,(H,13,16). The molecule has 8 nitrogen and oxygen atoms in total. The Labute approximate surface area is 122 Å². The molecule has 3 aromatic rings. The molecule has 110 valence electrons. The van der Waals surface area contributed by atoms with E-state index in [4.69, 9.17) is 4.42 Å². The van der Waals surface area contributed by atoms with Crippen molar-refractivity contribution in [2.24, 2.45) is 0 Å². The number of rotatable bonds is 4. The van der Waals surface area contributed by atoms with Crippen LogP contribution in [0, 0.1) is 6.92 Å². The van der Waals surface area contributed by atoms with E-state index in [-0.39, 0.29) is 17.0 Å². The number of hydrogen-bond donors (Lipinski definition) is 2. The van der Waals surface area contributed by atoms with Gasteiger partial charge >= 0.3 is 5.76 Å². The van der Waals surface area contributed by atoms with Gasteiger partial charge in [-0.05, 0) is 19.1 Å². The molecular weight excluding hydrogens is 316 g/mol. The normalized spacial score (nSPS) is 12.0. The van der Waals surface area contributed by atoms with Crippen molar-refractivity contribution in [2.75, 3.05) is 0 Å². The molecule has 0 aliphatic carbocycles. The van der Waals surface area contributed by atoms with Gasteiger partial charge < -0.3 is 4.42 Å². The number of sulfonamides is 1. The van der Waals surface area contributed by atoms with E-state index in [2.05, 4.69) is 19.9 Å². The monoisotopic (exact) mass is 326 g/mol. The van der Waals surface area contributed by atoms with Crippen LogP contribution >= 0.6 is 11.3 Å². The molecule has 0 spiro atoms. The molecule has 0 saturated heterocycles. The van der Waals surface area contributed by atoms with Crippen molar-refractivity contribution in [3.63, 3.8) is 0 Å². The third-order valence-electron chi connectivity index (χ3n) is 2.68. The van der Waals surface area contributed by atoms with Gasteiger partial charge in [0.1, 0.15) is 10.0 Å². The second-order valence-electron chi connectivity index (χ2n) is 4.21. The molecule has 0 fully saturated rings. The molecule has 0 radical (unpaired) electrons. The van der Waals surface area contributed by atoms with Crippen LogP contribution in [0.2, 0.25) is 0 Å². The smallest absolute Gasteiger partial charge is 0.408 e. The quantitative estimate of drug-likeness (QED) is 0.731. The summed E-state index contributed by atoms with van der Waals surface area (Å²) in [6.07, 6.45) is 0. The molecule has 0 saturated carbocycles. The van der Waals surface area contributed by atoms with E-state index in [1.54, 1.807) is 6.92 Å². The Morgan fingerprint density at radius 3 is 2.90 bits per heavy atom. The Kier molecular flexibility index (Phi) is 3.35. The summed E-state index contributed by atoms with van der Waals surface area (Å²) in [7, 11) is -3.72. The van der Waals surface area contributed by atoms with Gasteiger partial charge in [0.2, 0.25) is 10.0 Å². The van der Waals surface area contributed by atoms with E-state index >= 15 is 0 Å². The number of nitrogens with zero attached hydrogens (tertiary/aromatic N) is 2. The van der Waals surface area contributed by atoms with Crippen LogP contribution < -0.4 is 10.5 Å². The van der Waals surface area contributed by atoms with E-state index < -0.39 is 15.8 Å². The second kappa shape index (κ2) is 5.06. The van der Waals surface area contributed by atoms with Crippen molar-refractivity contribution in [1.82, 2.24) is 19.9 Å². The highest BCUT2D eigenvalue weighted by Gasteiger charge is 2.16. The highest BCUT2D eigenvalue weighted by atomic mass is 32.2. The molecule has 3 rings (SSSR count). The number of aryl methyl sites for hydroxylation is 1. The molecule has 0 bridgehead atoms. The molecule has 1 aromatic carbocycles. The van der Waals surface area contributed by atoms with Crippen LogP contribution in [-0.2, 0) is 16.6 Å². The van der Waals surface area contributed by atoms with Gasteiger partial charge in [-0.25, -0.2) is 17.9 Å². The van der Waals surface area contributed by atoms with E-state index in [0.29, 0.717) is 10.5 Å². The summed E-state index contributed by atoms with van der Waals surface area (Å²) in [5.41, 5.74) is 0.633. The first-order valence-corrected chi connectivity index (χ1v) is 8.15. The van der Waals surface area contributed by atoms with E-state index in [1.165, 1.54) is 29.5 Å². The molecule has 0 unspecified atom stereocenters. The van der Waals surface area contributed by atoms with Crippen LogP contribution in [0.4, 0.5) is 0 Å². The lowest BCUT2D eigenvalue weighted by Crippen LogP contribution is -2.23. The Hall–Kier alpha value is -2.04. The second-order valence-corrected chi connectivity index (χ2v) is 7.25. The molecule has 0 amide bonds. The van der Waals surface area contributed by atoms with Gasteiger partial charge in [-0.2, -0.15) is 0 Å². The van der Waals surface area contributed by atoms with Crippen molar-refractivity contribution < 1.29 is 12.8 Å². The van der Waals surface area contributed by atoms with Crippen molar-refractivity contribution in [3.05, 3.63) is 38.8 Å². The molecule has 21 heavy (non-hydrogen) atoms. The number of benzene rings is 1. The number of aromatic nitrogens is 3. The summed E-state index contributed by atoms with van der Waals surface area (Å²) in [5.74, 6) is -0.628. The molecule has 0 aliphatic heterocycles. The van der Waals surface area contributed by atoms with Crippen LogP contribution in [0.1, 0.15) is 10.0 Å². The molecule has 2 aromatic heterocycles. The Bertz CT molecular complexity index is 954. The first-order valence-electron chi connectivity index (χ1n) is 5.85. The highest BCUT2D eigenvalue weighted by molar-refractivity contribution is 7.89. The Morgan fingerprint density at radius 2 is 2.19 bits per heavy atom. The third-order valence-corrected chi connectivity index (χ3v) is 4.92. The fraction of sp³-hybridized carbons (Fsp3) is 0.182. The van der Waals surface area contributed by atoms with E-state index in [9.17, 15) is 13.2 Å². The number of oxazole rings is 1. The minimum Gasteiger partial charge on any atom is -0.408 e. The Morgan fingerprint density at radius 1 is 1.38 bits per heavy atom. The zero-order valence-corrected chi connectivity index (χ0v) is 12.4. The van der Waals surface area contributed by atoms with Crippen LogP contribution in [0.3, 0.4) is 0 Å². The fourth-order valence-corrected chi connectivity index (χ4v) is 3.48. The number of hydrogen-bond acceptors (Lipinski definition) is 7. The van der Waals surface area contributed by atoms with Crippen molar-refractivity contribution in [3.8, 4) is 0 Å². The summed E-state index contributed by atoms with van der Waals surface area (Å²) in [5, 5.41) is 8.99. The topological polar surface area (TPSA) is 118 Å².